The number of hydrogen-bond donors (Lipinski definition) is 2. The maximum Gasteiger partial charge on any atom is 0.303 e. The van der Waals surface area contributed by atoms with Crippen molar-refractivity contribution in [3.8, 4) is 0 Å². The average Bonchev–Trinajstić information content (AvgIpc) is 2.08. The summed E-state index contributed by atoms with van der Waals surface area (Å²) >= 11 is 0. The van der Waals surface area contributed by atoms with Gasteiger partial charge in [-0.3, -0.25) is 4.79 Å². The standard InChI is InChI=1S/C10H22N2O2/c1-12(2)9-8-11-7-5-3-4-6-10(13)14/h11H,3-9H2,1-2H3,(H,13,14). The highest BCUT2D eigenvalue weighted by atomic mass is 16.4. The summed E-state index contributed by atoms with van der Waals surface area (Å²) < 4.78 is 0. The van der Waals surface area contributed by atoms with Gasteiger partial charge in [0.05, 0.1) is 0 Å². The second kappa shape index (κ2) is 8.97. The van der Waals surface area contributed by atoms with Gasteiger partial charge in [0.25, 0.3) is 0 Å². The van der Waals surface area contributed by atoms with Crippen LogP contribution in [0.2, 0.25) is 0 Å². The molecule has 0 saturated heterocycles. The van der Waals surface area contributed by atoms with Crippen LogP contribution in [0.4, 0.5) is 0 Å². The molecule has 0 heterocycles. The average molecular weight is 202 g/mol. The number of hydrogen-bond acceptors (Lipinski definition) is 3. The topological polar surface area (TPSA) is 52.6 Å². The number of carbonyl (C=O) groups is 1. The summed E-state index contributed by atoms with van der Waals surface area (Å²) in [6.07, 6.45) is 3.17. The number of carboxylic acids is 1. The third-order valence-electron chi connectivity index (χ3n) is 1.98. The molecular weight excluding hydrogens is 180 g/mol. The smallest absolute Gasteiger partial charge is 0.303 e. The van der Waals surface area contributed by atoms with Crippen molar-refractivity contribution >= 4 is 5.97 Å². The molecule has 0 radical (unpaired) electrons. The lowest BCUT2D eigenvalue weighted by atomic mass is 10.2. The monoisotopic (exact) mass is 202 g/mol. The minimum Gasteiger partial charge on any atom is -0.481 e. The lowest BCUT2D eigenvalue weighted by Crippen LogP contribution is -2.27. The molecule has 0 rings (SSSR count). The van der Waals surface area contributed by atoms with E-state index < -0.39 is 5.97 Å². The molecule has 0 aromatic heterocycles. The molecule has 0 spiro atoms. The number of carboxylic acid groups (broad SMARTS) is 1. The SMILES string of the molecule is CN(C)CCNCCCCCC(=O)O. The molecule has 0 saturated carbocycles. The van der Waals surface area contributed by atoms with E-state index in [0.717, 1.165) is 38.9 Å². The van der Waals surface area contributed by atoms with Crippen molar-refractivity contribution in [1.29, 1.82) is 0 Å². The zero-order chi connectivity index (χ0) is 10.8. The third-order valence-corrected chi connectivity index (χ3v) is 1.98. The zero-order valence-electron chi connectivity index (χ0n) is 9.25. The second-order valence-electron chi connectivity index (χ2n) is 3.76. The Morgan fingerprint density at radius 2 is 1.93 bits per heavy atom. The molecule has 0 bridgehead atoms. The first-order valence-electron chi connectivity index (χ1n) is 5.20. The number of unbranched alkanes of at least 4 members (excludes halogenated alkanes) is 2. The van der Waals surface area contributed by atoms with E-state index >= 15 is 0 Å². The highest BCUT2D eigenvalue weighted by Gasteiger charge is 1.96. The zero-order valence-corrected chi connectivity index (χ0v) is 9.25. The molecule has 0 atom stereocenters. The van der Waals surface area contributed by atoms with Crippen LogP contribution in [0.5, 0.6) is 0 Å². The molecule has 2 N–H and O–H groups in total. The van der Waals surface area contributed by atoms with Crippen LogP contribution in [0, 0.1) is 0 Å². The van der Waals surface area contributed by atoms with Gasteiger partial charge in [0.1, 0.15) is 0 Å². The molecule has 4 nitrogen and oxygen atoms in total. The first-order valence-corrected chi connectivity index (χ1v) is 5.20. The van der Waals surface area contributed by atoms with Crippen molar-refractivity contribution in [2.45, 2.75) is 25.7 Å². The molecule has 0 aromatic rings. The minimum atomic E-state index is -0.689. The Kier molecular flexibility index (Phi) is 8.57. The number of nitrogens with one attached hydrogen (secondary N) is 1. The van der Waals surface area contributed by atoms with Gasteiger partial charge in [0.15, 0.2) is 0 Å². The van der Waals surface area contributed by atoms with E-state index in [2.05, 4.69) is 24.3 Å². The van der Waals surface area contributed by atoms with Gasteiger partial charge in [0, 0.05) is 19.5 Å². The van der Waals surface area contributed by atoms with Crippen molar-refractivity contribution in [1.82, 2.24) is 10.2 Å². The van der Waals surface area contributed by atoms with Crippen LogP contribution in [-0.2, 0) is 4.79 Å². The van der Waals surface area contributed by atoms with E-state index in [0.29, 0.717) is 6.42 Å². The number of rotatable bonds is 9. The summed E-state index contributed by atoms with van der Waals surface area (Å²) in [6.45, 7) is 3.05. The Morgan fingerprint density at radius 3 is 2.50 bits per heavy atom. The van der Waals surface area contributed by atoms with E-state index in [4.69, 9.17) is 5.11 Å². The highest BCUT2D eigenvalue weighted by Crippen LogP contribution is 1.98. The Morgan fingerprint density at radius 1 is 1.21 bits per heavy atom. The van der Waals surface area contributed by atoms with Crippen molar-refractivity contribution in [2.24, 2.45) is 0 Å². The first kappa shape index (κ1) is 13.4. The highest BCUT2D eigenvalue weighted by molar-refractivity contribution is 5.66. The second-order valence-corrected chi connectivity index (χ2v) is 3.76. The van der Waals surface area contributed by atoms with Gasteiger partial charge in [-0.25, -0.2) is 0 Å². The summed E-state index contributed by atoms with van der Waals surface area (Å²) in [7, 11) is 4.10. The number of likely N-dealkylation sites (N-methyl/N-ethyl adjacent to an activating group) is 1. The molecule has 0 aliphatic heterocycles. The molecule has 0 unspecified atom stereocenters. The van der Waals surface area contributed by atoms with E-state index in [1.807, 2.05) is 0 Å². The minimum absolute atomic E-state index is 0.303. The van der Waals surface area contributed by atoms with Crippen LogP contribution in [0.3, 0.4) is 0 Å². The summed E-state index contributed by atoms with van der Waals surface area (Å²) in [4.78, 5) is 12.3. The van der Waals surface area contributed by atoms with Crippen molar-refractivity contribution in [3.63, 3.8) is 0 Å². The van der Waals surface area contributed by atoms with Crippen LogP contribution in [0.1, 0.15) is 25.7 Å². The number of nitrogens with zero attached hydrogens (tertiary/aromatic N) is 1. The fraction of sp³-hybridized carbons (Fsp3) is 0.900. The summed E-state index contributed by atoms with van der Waals surface area (Å²) in [5.41, 5.74) is 0. The Labute approximate surface area is 86.3 Å². The van der Waals surface area contributed by atoms with Gasteiger partial charge in [-0.2, -0.15) is 0 Å². The van der Waals surface area contributed by atoms with E-state index in [1.165, 1.54) is 0 Å². The van der Waals surface area contributed by atoms with Crippen LogP contribution in [0.25, 0.3) is 0 Å². The molecule has 4 heteroatoms. The molecule has 14 heavy (non-hydrogen) atoms. The first-order chi connectivity index (χ1) is 6.63. The van der Waals surface area contributed by atoms with Crippen molar-refractivity contribution < 1.29 is 9.90 Å². The van der Waals surface area contributed by atoms with Gasteiger partial charge < -0.3 is 15.3 Å². The largest absolute Gasteiger partial charge is 0.481 e. The Hall–Kier alpha value is -0.610. The van der Waals surface area contributed by atoms with Crippen LogP contribution in [0.15, 0.2) is 0 Å². The van der Waals surface area contributed by atoms with Crippen LogP contribution < -0.4 is 5.32 Å². The molecule has 0 aromatic carbocycles. The fourth-order valence-electron chi connectivity index (χ4n) is 1.13. The van der Waals surface area contributed by atoms with E-state index in [9.17, 15) is 4.79 Å². The quantitative estimate of drug-likeness (QED) is 0.543. The summed E-state index contributed by atoms with van der Waals surface area (Å²) in [6, 6.07) is 0. The van der Waals surface area contributed by atoms with Gasteiger partial charge in [-0.05, 0) is 33.5 Å². The third kappa shape index (κ3) is 11.4. The van der Waals surface area contributed by atoms with Gasteiger partial charge in [-0.15, -0.1) is 0 Å². The maximum absolute atomic E-state index is 10.2. The lowest BCUT2D eigenvalue weighted by molar-refractivity contribution is -0.137. The normalized spacial score (nSPS) is 10.8. The van der Waals surface area contributed by atoms with Gasteiger partial charge in [0.2, 0.25) is 0 Å². The summed E-state index contributed by atoms with van der Waals surface area (Å²) in [5.74, 6) is -0.689. The fourth-order valence-corrected chi connectivity index (χ4v) is 1.13. The molecule has 0 fully saturated rings. The van der Waals surface area contributed by atoms with Crippen molar-refractivity contribution in [2.75, 3.05) is 33.7 Å². The van der Waals surface area contributed by atoms with Gasteiger partial charge in [-0.1, -0.05) is 6.42 Å². The Bertz CT molecular complexity index is 149. The van der Waals surface area contributed by atoms with Crippen LogP contribution >= 0.6 is 0 Å². The predicted molar refractivity (Wildman–Crippen MR) is 57.5 cm³/mol. The molecule has 0 amide bonds. The van der Waals surface area contributed by atoms with Crippen LogP contribution in [-0.4, -0.2) is 49.7 Å². The molecule has 0 aliphatic carbocycles. The lowest BCUT2D eigenvalue weighted by Gasteiger charge is -2.09. The molecule has 84 valence electrons. The molecular formula is C10H22N2O2. The predicted octanol–water partition coefficient (Wildman–Crippen LogP) is 0.783. The summed E-state index contributed by atoms with van der Waals surface area (Å²) in [5, 5.41) is 11.7. The van der Waals surface area contributed by atoms with Crippen molar-refractivity contribution in [3.05, 3.63) is 0 Å². The number of aliphatic carboxylic acids is 1. The Balaban J connectivity index is 2.96. The van der Waals surface area contributed by atoms with E-state index in [-0.39, 0.29) is 0 Å². The van der Waals surface area contributed by atoms with E-state index in [1.54, 1.807) is 0 Å². The maximum atomic E-state index is 10.2. The van der Waals surface area contributed by atoms with Gasteiger partial charge >= 0.3 is 5.97 Å². The molecule has 0 aliphatic rings.